The molecule has 0 aliphatic rings. The monoisotopic (exact) mass is 515 g/mol. The van der Waals surface area contributed by atoms with E-state index >= 15 is 0 Å². The summed E-state index contributed by atoms with van der Waals surface area (Å²) in [4.78, 5) is 34.5. The van der Waals surface area contributed by atoms with E-state index in [-0.39, 0.29) is 11.5 Å². The maximum absolute atomic E-state index is 14.0. The number of para-hydroxylation sites is 1. The second-order valence-corrected chi connectivity index (χ2v) is 8.89. The van der Waals surface area contributed by atoms with Crippen LogP contribution in [0.1, 0.15) is 48.1 Å². The quantitative estimate of drug-likeness (QED) is 0.300. The smallest absolute Gasteiger partial charge is 0.266 e. The van der Waals surface area contributed by atoms with Crippen molar-refractivity contribution in [1.29, 1.82) is 0 Å². The van der Waals surface area contributed by atoms with Crippen LogP contribution in [0.3, 0.4) is 0 Å². The third kappa shape index (κ3) is 4.81. The first-order valence-corrected chi connectivity index (χ1v) is 12.6. The molecule has 1 heterocycles. The molecule has 0 bridgehead atoms. The Hall–Kier alpha value is -4.33. The molecule has 0 aliphatic heterocycles. The van der Waals surface area contributed by atoms with Gasteiger partial charge in [0.1, 0.15) is 5.82 Å². The van der Waals surface area contributed by atoms with Gasteiger partial charge in [-0.3, -0.25) is 14.2 Å². The summed E-state index contributed by atoms with van der Waals surface area (Å²) in [5, 5.41) is 0.519. The fourth-order valence-electron chi connectivity index (χ4n) is 4.74. The lowest BCUT2D eigenvalue weighted by Gasteiger charge is -2.32. The van der Waals surface area contributed by atoms with E-state index < -0.39 is 6.04 Å². The molecule has 4 aromatic rings. The highest BCUT2D eigenvalue weighted by molar-refractivity contribution is 5.96. The first-order valence-electron chi connectivity index (χ1n) is 12.6. The molecule has 1 amide bonds. The number of rotatable bonds is 9. The first-order chi connectivity index (χ1) is 18.4. The van der Waals surface area contributed by atoms with Gasteiger partial charge in [-0.1, -0.05) is 36.8 Å². The Labute approximate surface area is 222 Å². The number of benzene rings is 3. The number of carbonyl (C=O) groups is 1. The Kier molecular flexibility index (Phi) is 8.00. The summed E-state index contributed by atoms with van der Waals surface area (Å²) in [6, 6.07) is 17.8. The SMILES string of the molecule is CCC(c1nc2ccccc2c(=O)n1-c1ccc(C)cc1)N(CC)C(=O)c1cc(OC)c(OC)c(OC)c1. The minimum absolute atomic E-state index is 0.177. The number of nitrogens with zero attached hydrogens (tertiary/aromatic N) is 3. The zero-order valence-corrected chi connectivity index (χ0v) is 22.6. The number of hydrogen-bond donors (Lipinski definition) is 0. The Morgan fingerprint density at radius 3 is 2.13 bits per heavy atom. The van der Waals surface area contributed by atoms with E-state index in [0.717, 1.165) is 5.56 Å². The van der Waals surface area contributed by atoms with Gasteiger partial charge >= 0.3 is 0 Å². The molecule has 8 nitrogen and oxygen atoms in total. The molecule has 1 atom stereocenters. The highest BCUT2D eigenvalue weighted by atomic mass is 16.5. The van der Waals surface area contributed by atoms with E-state index in [9.17, 15) is 9.59 Å². The molecule has 4 rings (SSSR count). The van der Waals surface area contributed by atoms with E-state index in [1.165, 1.54) is 21.3 Å². The van der Waals surface area contributed by atoms with Crippen molar-refractivity contribution in [2.75, 3.05) is 27.9 Å². The minimum atomic E-state index is -0.481. The summed E-state index contributed by atoms with van der Waals surface area (Å²) in [6.07, 6.45) is 0.542. The Bertz CT molecular complexity index is 1490. The molecular weight excluding hydrogens is 482 g/mol. The maximum Gasteiger partial charge on any atom is 0.266 e. The highest BCUT2D eigenvalue weighted by Crippen LogP contribution is 2.39. The summed E-state index contributed by atoms with van der Waals surface area (Å²) in [5.74, 6) is 1.45. The van der Waals surface area contributed by atoms with E-state index in [4.69, 9.17) is 19.2 Å². The van der Waals surface area contributed by atoms with Crippen molar-refractivity contribution in [1.82, 2.24) is 14.5 Å². The second kappa shape index (κ2) is 11.4. The zero-order chi connectivity index (χ0) is 27.4. The molecule has 0 spiro atoms. The largest absolute Gasteiger partial charge is 0.493 e. The van der Waals surface area contributed by atoms with Crippen LogP contribution in [0.15, 0.2) is 65.5 Å². The van der Waals surface area contributed by atoms with Gasteiger partial charge in [0.15, 0.2) is 11.5 Å². The number of hydrogen-bond acceptors (Lipinski definition) is 6. The first kappa shape index (κ1) is 26.7. The predicted molar refractivity (Wildman–Crippen MR) is 148 cm³/mol. The topological polar surface area (TPSA) is 82.9 Å². The number of ether oxygens (including phenoxy) is 3. The van der Waals surface area contributed by atoms with Gasteiger partial charge in [-0.15, -0.1) is 0 Å². The van der Waals surface area contributed by atoms with Crippen molar-refractivity contribution < 1.29 is 19.0 Å². The number of aromatic nitrogens is 2. The summed E-state index contributed by atoms with van der Waals surface area (Å²) in [5.41, 5.74) is 2.57. The average molecular weight is 516 g/mol. The third-order valence-electron chi connectivity index (χ3n) is 6.67. The molecule has 198 valence electrons. The maximum atomic E-state index is 14.0. The standard InChI is InChI=1S/C30H33N3O5/c1-7-24(32(8-2)29(34)20-17-25(36-4)27(38-6)26(18-20)37-5)28-31-23-12-10-9-11-22(23)30(35)33(28)21-15-13-19(3)14-16-21/h9-18,24H,7-8H2,1-6H3. The number of fused-ring (bicyclic) bond motifs is 1. The molecule has 1 aromatic heterocycles. The number of aryl methyl sites for hydroxylation is 1. The van der Waals surface area contributed by atoms with Crippen LogP contribution in [-0.2, 0) is 0 Å². The molecular formula is C30H33N3O5. The van der Waals surface area contributed by atoms with Crippen molar-refractivity contribution in [3.05, 3.63) is 88.0 Å². The van der Waals surface area contributed by atoms with Crippen LogP contribution >= 0.6 is 0 Å². The Balaban J connectivity index is 1.91. The normalized spacial score (nSPS) is 11.7. The van der Waals surface area contributed by atoms with Gasteiger partial charge in [-0.2, -0.15) is 0 Å². The lowest BCUT2D eigenvalue weighted by atomic mass is 10.1. The van der Waals surface area contributed by atoms with Gasteiger partial charge < -0.3 is 19.1 Å². The van der Waals surface area contributed by atoms with Gasteiger partial charge in [0.05, 0.1) is 44.0 Å². The fraction of sp³-hybridized carbons (Fsp3) is 0.300. The Morgan fingerprint density at radius 1 is 0.947 bits per heavy atom. The summed E-state index contributed by atoms with van der Waals surface area (Å²) in [7, 11) is 4.54. The van der Waals surface area contributed by atoms with Crippen LogP contribution in [0.2, 0.25) is 0 Å². The molecule has 0 radical (unpaired) electrons. The van der Waals surface area contributed by atoms with Gasteiger partial charge in [-0.05, 0) is 56.7 Å². The van der Waals surface area contributed by atoms with Gasteiger partial charge in [-0.25, -0.2) is 4.98 Å². The molecule has 8 heteroatoms. The van der Waals surface area contributed by atoms with E-state index in [2.05, 4.69) is 0 Å². The van der Waals surface area contributed by atoms with Gasteiger partial charge in [0.2, 0.25) is 5.75 Å². The van der Waals surface area contributed by atoms with E-state index in [1.807, 2.05) is 63.2 Å². The molecule has 0 saturated heterocycles. The van der Waals surface area contributed by atoms with Crippen molar-refractivity contribution in [2.45, 2.75) is 33.2 Å². The lowest BCUT2D eigenvalue weighted by Crippen LogP contribution is -2.38. The van der Waals surface area contributed by atoms with Crippen LogP contribution in [-0.4, -0.2) is 48.2 Å². The number of methoxy groups -OCH3 is 3. The molecule has 0 N–H and O–H groups in total. The van der Waals surface area contributed by atoms with Gasteiger partial charge in [0, 0.05) is 12.1 Å². The Morgan fingerprint density at radius 2 is 1.58 bits per heavy atom. The van der Waals surface area contributed by atoms with Crippen LogP contribution < -0.4 is 19.8 Å². The molecule has 38 heavy (non-hydrogen) atoms. The van der Waals surface area contributed by atoms with Crippen LogP contribution in [0.5, 0.6) is 17.2 Å². The summed E-state index contributed by atoms with van der Waals surface area (Å²) < 4.78 is 18.0. The minimum Gasteiger partial charge on any atom is -0.493 e. The summed E-state index contributed by atoms with van der Waals surface area (Å²) >= 11 is 0. The predicted octanol–water partition coefficient (Wildman–Crippen LogP) is 5.33. The van der Waals surface area contributed by atoms with E-state index in [0.29, 0.717) is 58.2 Å². The van der Waals surface area contributed by atoms with Gasteiger partial charge in [0.25, 0.3) is 11.5 Å². The van der Waals surface area contributed by atoms with Crippen molar-refractivity contribution in [3.8, 4) is 22.9 Å². The highest BCUT2D eigenvalue weighted by Gasteiger charge is 2.30. The number of carbonyl (C=O) groups excluding carboxylic acids is 1. The molecule has 0 fully saturated rings. The summed E-state index contributed by atoms with van der Waals surface area (Å²) in [6.45, 7) is 6.28. The average Bonchev–Trinajstić information content (AvgIpc) is 2.95. The van der Waals surface area contributed by atoms with Crippen molar-refractivity contribution in [2.24, 2.45) is 0 Å². The molecule has 0 saturated carbocycles. The number of amides is 1. The molecule has 0 aliphatic carbocycles. The second-order valence-electron chi connectivity index (χ2n) is 8.89. The van der Waals surface area contributed by atoms with Crippen molar-refractivity contribution in [3.63, 3.8) is 0 Å². The molecule has 3 aromatic carbocycles. The third-order valence-corrected chi connectivity index (χ3v) is 6.67. The zero-order valence-electron chi connectivity index (χ0n) is 22.6. The van der Waals surface area contributed by atoms with E-state index in [1.54, 1.807) is 27.7 Å². The lowest BCUT2D eigenvalue weighted by molar-refractivity contribution is 0.0671. The van der Waals surface area contributed by atoms with Crippen LogP contribution in [0.4, 0.5) is 0 Å². The van der Waals surface area contributed by atoms with Crippen molar-refractivity contribution >= 4 is 16.8 Å². The molecule has 1 unspecified atom stereocenters. The van der Waals surface area contributed by atoms with Crippen LogP contribution in [0, 0.1) is 6.92 Å². The fourth-order valence-corrected chi connectivity index (χ4v) is 4.74. The van der Waals surface area contributed by atoms with Crippen LogP contribution in [0.25, 0.3) is 16.6 Å².